The molecule has 8 N–H and O–H groups in total. The van der Waals surface area contributed by atoms with Gasteiger partial charge in [-0.25, -0.2) is 0 Å². The maximum atomic E-state index is 10.00. The van der Waals surface area contributed by atoms with Crippen LogP contribution in [0.1, 0.15) is 13.8 Å². The second-order valence-corrected chi connectivity index (χ2v) is 7.97. The van der Waals surface area contributed by atoms with Crippen molar-refractivity contribution in [2.75, 3.05) is 33.0 Å². The molecule has 2 aliphatic heterocycles. The number of aliphatic hydroxyl groups excluding tert-OH is 8. The minimum absolute atomic E-state index is 0.646. The summed E-state index contributed by atoms with van der Waals surface area (Å²) in [6.45, 7) is 10.2. The average Bonchev–Trinajstić information content (AvgIpc) is 2.99. The first-order valence-corrected chi connectivity index (χ1v) is 10.0. The normalized spacial score (nSPS) is 39.3. The summed E-state index contributed by atoms with van der Waals surface area (Å²) in [5.74, 6) is -2.22. The van der Waals surface area contributed by atoms with E-state index in [4.69, 9.17) is 29.2 Å². The molecule has 0 aliphatic carbocycles. The summed E-state index contributed by atoms with van der Waals surface area (Å²) in [7, 11) is 0. The lowest BCUT2D eigenvalue weighted by atomic mass is 9.99. The van der Waals surface area contributed by atoms with Crippen molar-refractivity contribution in [3.8, 4) is 0 Å². The highest BCUT2D eigenvalue weighted by Crippen LogP contribution is 2.35. The summed E-state index contributed by atoms with van der Waals surface area (Å²) in [5, 5.41) is 76.7. The molecule has 0 unspecified atom stereocenters. The van der Waals surface area contributed by atoms with Crippen LogP contribution in [0.4, 0.5) is 0 Å². The number of hydrogen-bond donors (Lipinski definition) is 8. The minimum Gasteiger partial charge on any atom is -0.394 e. The van der Waals surface area contributed by atoms with Gasteiger partial charge in [0, 0.05) is 0 Å². The predicted octanol–water partition coefficient (Wildman–Crippen LogP) is -3.24. The monoisotopic (exact) mass is 468 g/mol. The lowest BCUT2D eigenvalue weighted by molar-refractivity contribution is -0.383. The molecule has 0 saturated carbocycles. The molecule has 0 aromatic rings. The molecule has 12 nitrogen and oxygen atoms in total. The third-order valence-electron chi connectivity index (χ3n) is 4.77. The number of ether oxygens (including phenoxy) is 4. The van der Waals surface area contributed by atoms with Gasteiger partial charge in [-0.15, -0.1) is 0 Å². The Kier molecular flexibility index (Phi) is 11.8. The third-order valence-corrected chi connectivity index (χ3v) is 4.77. The van der Waals surface area contributed by atoms with Gasteiger partial charge in [0.15, 0.2) is 6.29 Å². The molecular formula is C20H36O12. The standard InChI is InChI=1S/C12H22O11.C8H14O/c13-1-4-6(16)8(18)9(19)11(21-4)23-12(3-15)10(20)7(17)5(2-14)22-12;1-7(2)5-9-6-8(3)4/h4-11,13-20H,1-3H2;1,3,5-6H2,2,4H3/t4-,5-,6-,7-,8+,9-,10+,11-,12+;/m1./s1. The maximum Gasteiger partial charge on any atom is 0.224 e. The van der Waals surface area contributed by atoms with Crippen molar-refractivity contribution in [3.63, 3.8) is 0 Å². The summed E-state index contributed by atoms with van der Waals surface area (Å²) < 4.78 is 20.6. The van der Waals surface area contributed by atoms with Gasteiger partial charge in [-0.05, 0) is 13.8 Å². The van der Waals surface area contributed by atoms with Crippen molar-refractivity contribution in [2.24, 2.45) is 0 Å². The fourth-order valence-electron chi connectivity index (χ4n) is 3.03. The predicted molar refractivity (Wildman–Crippen MR) is 109 cm³/mol. The van der Waals surface area contributed by atoms with Crippen LogP contribution in [-0.2, 0) is 18.9 Å². The van der Waals surface area contributed by atoms with E-state index in [1.54, 1.807) is 0 Å². The van der Waals surface area contributed by atoms with E-state index in [1.165, 1.54) is 0 Å². The van der Waals surface area contributed by atoms with E-state index >= 15 is 0 Å². The Labute approximate surface area is 186 Å². The van der Waals surface area contributed by atoms with Gasteiger partial charge in [-0.3, -0.25) is 0 Å². The average molecular weight is 468 g/mol. The molecule has 12 heteroatoms. The van der Waals surface area contributed by atoms with Crippen LogP contribution in [0.5, 0.6) is 0 Å². The van der Waals surface area contributed by atoms with Crippen LogP contribution in [0.15, 0.2) is 24.3 Å². The van der Waals surface area contributed by atoms with Crippen LogP contribution in [0, 0.1) is 0 Å². The fourth-order valence-corrected chi connectivity index (χ4v) is 3.03. The van der Waals surface area contributed by atoms with Crippen molar-refractivity contribution >= 4 is 0 Å². The number of rotatable bonds is 9. The zero-order chi connectivity index (χ0) is 24.6. The van der Waals surface area contributed by atoms with Crippen LogP contribution in [0.2, 0.25) is 0 Å². The van der Waals surface area contributed by atoms with Gasteiger partial charge < -0.3 is 59.8 Å². The summed E-state index contributed by atoms with van der Waals surface area (Å²) in [5.41, 5.74) is 2.10. The van der Waals surface area contributed by atoms with E-state index in [1.807, 2.05) is 13.8 Å². The topological polar surface area (TPSA) is 199 Å². The molecule has 0 bridgehead atoms. The van der Waals surface area contributed by atoms with Gasteiger partial charge in [-0.2, -0.15) is 0 Å². The van der Waals surface area contributed by atoms with Crippen molar-refractivity contribution in [3.05, 3.63) is 24.3 Å². The molecule has 2 fully saturated rings. The molecule has 9 atom stereocenters. The molecule has 188 valence electrons. The summed E-state index contributed by atoms with van der Waals surface area (Å²) in [6.07, 6.45) is -12.7. The first kappa shape index (κ1) is 29.0. The highest BCUT2D eigenvalue weighted by molar-refractivity contribution is 4.98. The Morgan fingerprint density at radius 1 is 0.812 bits per heavy atom. The third kappa shape index (κ3) is 7.25. The number of hydrogen-bond acceptors (Lipinski definition) is 12. The van der Waals surface area contributed by atoms with Gasteiger partial charge in [0.1, 0.15) is 49.3 Å². The molecule has 0 radical (unpaired) electrons. The van der Waals surface area contributed by atoms with Gasteiger partial charge in [-0.1, -0.05) is 24.3 Å². The van der Waals surface area contributed by atoms with Crippen LogP contribution in [0.25, 0.3) is 0 Å². The Bertz CT molecular complexity index is 585. The Balaban J connectivity index is 0.000000482. The number of aliphatic hydroxyl groups is 8. The van der Waals surface area contributed by atoms with E-state index < -0.39 is 74.6 Å². The first-order valence-electron chi connectivity index (χ1n) is 10.0. The second kappa shape index (κ2) is 13.0. The first-order chi connectivity index (χ1) is 14.9. The SMILES string of the molecule is C=C(C)COCC(=C)C.OC[C@H]1O[C@@](CO)(O[C@H]2O[C@H](CO)[C@@H](O)[C@H](O)[C@H]2O)[C@@H](O)[C@@H]1O. The molecule has 0 amide bonds. The highest BCUT2D eigenvalue weighted by Gasteiger charge is 2.58. The van der Waals surface area contributed by atoms with Gasteiger partial charge in [0.05, 0.1) is 26.4 Å². The van der Waals surface area contributed by atoms with Gasteiger partial charge in [0.2, 0.25) is 5.79 Å². The highest BCUT2D eigenvalue weighted by atomic mass is 16.8. The molecule has 32 heavy (non-hydrogen) atoms. The van der Waals surface area contributed by atoms with E-state index in [2.05, 4.69) is 13.2 Å². The molecule has 2 aliphatic rings. The molecule has 2 rings (SSSR count). The molecule has 0 spiro atoms. The molecule has 0 aromatic heterocycles. The molecule has 2 heterocycles. The Morgan fingerprint density at radius 3 is 1.75 bits per heavy atom. The van der Waals surface area contributed by atoms with Crippen LogP contribution < -0.4 is 0 Å². The van der Waals surface area contributed by atoms with Gasteiger partial charge in [0.25, 0.3) is 0 Å². The molecular weight excluding hydrogens is 432 g/mol. The Hall–Kier alpha value is -1.00. The zero-order valence-corrected chi connectivity index (χ0v) is 18.3. The Morgan fingerprint density at radius 2 is 1.34 bits per heavy atom. The minimum atomic E-state index is -2.22. The maximum absolute atomic E-state index is 10.00. The van der Waals surface area contributed by atoms with Crippen LogP contribution in [0.3, 0.4) is 0 Å². The van der Waals surface area contributed by atoms with E-state index in [-0.39, 0.29) is 0 Å². The van der Waals surface area contributed by atoms with Crippen molar-refractivity contribution in [1.82, 2.24) is 0 Å². The summed E-state index contributed by atoms with van der Waals surface area (Å²) in [6, 6.07) is 0. The van der Waals surface area contributed by atoms with E-state index in [0.717, 1.165) is 11.1 Å². The quantitative estimate of drug-likeness (QED) is 0.158. The lowest BCUT2D eigenvalue weighted by Gasteiger charge is -2.43. The van der Waals surface area contributed by atoms with Gasteiger partial charge >= 0.3 is 0 Å². The van der Waals surface area contributed by atoms with Crippen LogP contribution in [-0.4, -0.2) is 129 Å². The summed E-state index contributed by atoms with van der Waals surface area (Å²) >= 11 is 0. The fraction of sp³-hybridized carbons (Fsp3) is 0.800. The summed E-state index contributed by atoms with van der Waals surface area (Å²) in [4.78, 5) is 0. The molecule has 2 saturated heterocycles. The van der Waals surface area contributed by atoms with Crippen molar-refractivity contribution < 1.29 is 59.8 Å². The smallest absolute Gasteiger partial charge is 0.224 e. The molecule has 0 aromatic carbocycles. The zero-order valence-electron chi connectivity index (χ0n) is 18.3. The second-order valence-electron chi connectivity index (χ2n) is 7.97. The lowest BCUT2D eigenvalue weighted by Crippen LogP contribution is -2.62. The van der Waals surface area contributed by atoms with E-state index in [0.29, 0.717) is 13.2 Å². The van der Waals surface area contributed by atoms with Crippen molar-refractivity contribution in [2.45, 2.75) is 68.7 Å². The van der Waals surface area contributed by atoms with Crippen molar-refractivity contribution in [1.29, 1.82) is 0 Å². The van der Waals surface area contributed by atoms with E-state index in [9.17, 15) is 30.6 Å². The largest absolute Gasteiger partial charge is 0.394 e. The van der Waals surface area contributed by atoms with Crippen LogP contribution >= 0.6 is 0 Å².